The number of carbonyl (C=O) groups is 2. The quantitative estimate of drug-likeness (QED) is 0.329. The minimum atomic E-state index is -0.265. The molecule has 1 heterocycles. The first-order valence-corrected chi connectivity index (χ1v) is 11.1. The minimum absolute atomic E-state index is 0.250. The fourth-order valence-electron chi connectivity index (χ4n) is 3.16. The fraction of sp³-hybridized carbons (Fsp3) is 0.154. The van der Waals surface area contributed by atoms with E-state index >= 15 is 0 Å². The monoisotopic (exact) mass is 445 g/mol. The van der Waals surface area contributed by atoms with Crippen LogP contribution in [0, 0.1) is 6.92 Å². The molecule has 6 heteroatoms. The van der Waals surface area contributed by atoms with Crippen molar-refractivity contribution in [2.75, 3.05) is 13.2 Å². The second-order valence-corrected chi connectivity index (χ2v) is 8.33. The second kappa shape index (κ2) is 10.2. The van der Waals surface area contributed by atoms with E-state index in [0.717, 1.165) is 34.2 Å². The summed E-state index contributed by atoms with van der Waals surface area (Å²) in [6.45, 7) is 3.15. The number of amides is 2. The van der Waals surface area contributed by atoms with Crippen molar-refractivity contribution in [1.82, 2.24) is 4.90 Å². The van der Waals surface area contributed by atoms with Gasteiger partial charge in [0.2, 0.25) is 0 Å². The van der Waals surface area contributed by atoms with Gasteiger partial charge in [0, 0.05) is 0 Å². The van der Waals surface area contributed by atoms with Crippen molar-refractivity contribution in [3.8, 4) is 11.5 Å². The molecule has 0 spiro atoms. The van der Waals surface area contributed by atoms with Crippen LogP contribution in [0.2, 0.25) is 0 Å². The molecular formula is C26H23NO4S. The van der Waals surface area contributed by atoms with E-state index < -0.39 is 0 Å². The molecule has 162 valence electrons. The molecule has 3 aromatic carbocycles. The number of hydrogen-bond acceptors (Lipinski definition) is 5. The maximum absolute atomic E-state index is 12.7. The van der Waals surface area contributed by atoms with Crippen LogP contribution in [0.3, 0.4) is 0 Å². The molecule has 32 heavy (non-hydrogen) atoms. The van der Waals surface area contributed by atoms with Crippen molar-refractivity contribution in [3.05, 3.63) is 100 Å². The van der Waals surface area contributed by atoms with E-state index in [1.807, 2.05) is 85.8 Å². The number of para-hydroxylation sites is 1. The third kappa shape index (κ3) is 5.59. The Balaban J connectivity index is 1.31. The van der Waals surface area contributed by atoms with E-state index in [0.29, 0.717) is 23.9 Å². The highest BCUT2D eigenvalue weighted by molar-refractivity contribution is 8.18. The summed E-state index contributed by atoms with van der Waals surface area (Å²) in [7, 11) is 0. The third-order valence-corrected chi connectivity index (χ3v) is 5.78. The van der Waals surface area contributed by atoms with E-state index in [9.17, 15) is 9.59 Å². The van der Waals surface area contributed by atoms with Gasteiger partial charge in [0.1, 0.15) is 24.7 Å². The van der Waals surface area contributed by atoms with Crippen LogP contribution < -0.4 is 9.47 Å². The van der Waals surface area contributed by atoms with E-state index in [4.69, 9.17) is 9.47 Å². The highest BCUT2D eigenvalue weighted by atomic mass is 32.2. The zero-order valence-electron chi connectivity index (χ0n) is 17.7. The first kappa shape index (κ1) is 21.7. The summed E-state index contributed by atoms with van der Waals surface area (Å²) in [5.41, 5.74) is 2.90. The average Bonchev–Trinajstić information content (AvgIpc) is 3.07. The van der Waals surface area contributed by atoms with E-state index in [1.54, 1.807) is 6.08 Å². The van der Waals surface area contributed by atoms with Gasteiger partial charge in [-0.05, 0) is 60.2 Å². The topological polar surface area (TPSA) is 55.8 Å². The first-order chi connectivity index (χ1) is 15.6. The second-order valence-electron chi connectivity index (χ2n) is 7.33. The first-order valence-electron chi connectivity index (χ1n) is 10.3. The molecule has 0 unspecified atom stereocenters. The van der Waals surface area contributed by atoms with Crippen molar-refractivity contribution in [2.24, 2.45) is 0 Å². The number of carbonyl (C=O) groups excluding carboxylic acids is 2. The molecule has 0 aliphatic carbocycles. The number of ether oxygens (including phenoxy) is 2. The lowest BCUT2D eigenvalue weighted by Crippen LogP contribution is -2.27. The molecule has 4 rings (SSSR count). The Morgan fingerprint density at radius 1 is 0.812 bits per heavy atom. The Kier molecular flexibility index (Phi) is 6.92. The Bertz CT molecular complexity index is 1110. The molecule has 5 nitrogen and oxygen atoms in total. The number of aryl methyl sites for hydroxylation is 1. The molecule has 0 bridgehead atoms. The van der Waals surface area contributed by atoms with Crippen LogP contribution in [0.4, 0.5) is 4.79 Å². The summed E-state index contributed by atoms with van der Waals surface area (Å²) in [6, 6.07) is 24.8. The molecule has 0 saturated carbocycles. The summed E-state index contributed by atoms with van der Waals surface area (Å²) >= 11 is 0.969. The zero-order chi connectivity index (χ0) is 22.3. The standard InChI is InChI=1S/C26H23NO4S/c1-19-7-9-21(10-8-19)18-27-25(28)24(32-26(27)29)17-20-11-13-23(14-12-20)31-16-15-30-22-5-3-2-4-6-22/h2-14,17H,15-16,18H2,1H3/b24-17+. The van der Waals surface area contributed by atoms with Crippen molar-refractivity contribution in [3.63, 3.8) is 0 Å². The number of benzene rings is 3. The third-order valence-electron chi connectivity index (χ3n) is 4.88. The highest BCUT2D eigenvalue weighted by Crippen LogP contribution is 2.33. The van der Waals surface area contributed by atoms with Crippen LogP contribution in [-0.2, 0) is 11.3 Å². The Hall–Kier alpha value is -3.51. The van der Waals surface area contributed by atoms with E-state index in [2.05, 4.69) is 0 Å². The van der Waals surface area contributed by atoms with E-state index in [1.165, 1.54) is 4.90 Å². The van der Waals surface area contributed by atoms with Gasteiger partial charge in [0.25, 0.3) is 11.1 Å². The van der Waals surface area contributed by atoms with Crippen molar-refractivity contribution in [2.45, 2.75) is 13.5 Å². The average molecular weight is 446 g/mol. The predicted molar refractivity (Wildman–Crippen MR) is 127 cm³/mol. The summed E-state index contributed by atoms with van der Waals surface area (Å²) in [6.07, 6.45) is 1.74. The van der Waals surface area contributed by atoms with Crippen LogP contribution >= 0.6 is 11.8 Å². The highest BCUT2D eigenvalue weighted by Gasteiger charge is 2.34. The van der Waals surface area contributed by atoms with Gasteiger partial charge in [-0.15, -0.1) is 0 Å². The molecule has 3 aromatic rings. The lowest BCUT2D eigenvalue weighted by atomic mass is 10.1. The molecule has 1 fully saturated rings. The summed E-state index contributed by atoms with van der Waals surface area (Å²) in [5.74, 6) is 1.26. The predicted octanol–water partition coefficient (Wildman–Crippen LogP) is 5.69. The van der Waals surface area contributed by atoms with Gasteiger partial charge in [0.05, 0.1) is 11.4 Å². The number of rotatable bonds is 8. The lowest BCUT2D eigenvalue weighted by molar-refractivity contribution is -0.123. The van der Waals surface area contributed by atoms with Gasteiger partial charge in [-0.2, -0.15) is 0 Å². The number of nitrogens with zero attached hydrogens (tertiary/aromatic N) is 1. The SMILES string of the molecule is Cc1ccc(CN2C(=O)S/C(=C/c3ccc(OCCOc4ccccc4)cc3)C2=O)cc1. The Labute approximate surface area is 191 Å². The smallest absolute Gasteiger partial charge is 0.293 e. The Morgan fingerprint density at radius 2 is 1.44 bits per heavy atom. The van der Waals surface area contributed by atoms with Crippen molar-refractivity contribution >= 4 is 29.0 Å². The summed E-state index contributed by atoms with van der Waals surface area (Å²) in [4.78, 5) is 26.8. The van der Waals surface area contributed by atoms with Gasteiger partial charge in [-0.25, -0.2) is 0 Å². The Morgan fingerprint density at radius 3 is 2.09 bits per heavy atom. The molecule has 0 radical (unpaired) electrons. The largest absolute Gasteiger partial charge is 0.490 e. The van der Waals surface area contributed by atoms with E-state index in [-0.39, 0.29) is 17.7 Å². The van der Waals surface area contributed by atoms with Crippen LogP contribution in [0.25, 0.3) is 6.08 Å². The van der Waals surface area contributed by atoms with Crippen LogP contribution in [0.15, 0.2) is 83.8 Å². The molecule has 2 amide bonds. The molecule has 0 N–H and O–H groups in total. The molecular weight excluding hydrogens is 422 g/mol. The van der Waals surface area contributed by atoms with Crippen molar-refractivity contribution < 1.29 is 19.1 Å². The van der Waals surface area contributed by atoms with Crippen LogP contribution in [0.1, 0.15) is 16.7 Å². The van der Waals surface area contributed by atoms with Gasteiger partial charge >= 0.3 is 0 Å². The number of hydrogen-bond donors (Lipinski definition) is 0. The molecule has 1 aliphatic rings. The molecule has 1 aliphatic heterocycles. The van der Waals surface area contributed by atoms with Gasteiger partial charge < -0.3 is 9.47 Å². The van der Waals surface area contributed by atoms with Crippen LogP contribution in [0.5, 0.6) is 11.5 Å². The maximum atomic E-state index is 12.7. The minimum Gasteiger partial charge on any atom is -0.490 e. The number of thioether (sulfide) groups is 1. The zero-order valence-corrected chi connectivity index (χ0v) is 18.5. The molecule has 0 aromatic heterocycles. The fourth-order valence-corrected chi connectivity index (χ4v) is 4.00. The summed E-state index contributed by atoms with van der Waals surface area (Å²) in [5, 5.41) is -0.250. The van der Waals surface area contributed by atoms with Gasteiger partial charge in [-0.3, -0.25) is 14.5 Å². The van der Waals surface area contributed by atoms with Crippen molar-refractivity contribution in [1.29, 1.82) is 0 Å². The van der Waals surface area contributed by atoms with Gasteiger partial charge in [0.15, 0.2) is 0 Å². The number of imide groups is 1. The summed E-state index contributed by atoms with van der Waals surface area (Å²) < 4.78 is 11.3. The lowest BCUT2D eigenvalue weighted by Gasteiger charge is -2.12. The maximum Gasteiger partial charge on any atom is 0.293 e. The molecule has 1 saturated heterocycles. The molecule has 0 atom stereocenters. The van der Waals surface area contributed by atoms with Gasteiger partial charge in [-0.1, -0.05) is 60.2 Å². The normalized spacial score (nSPS) is 14.8. The van der Waals surface area contributed by atoms with Crippen LogP contribution in [-0.4, -0.2) is 29.3 Å².